The lowest BCUT2D eigenvalue weighted by Gasteiger charge is -2.23. The molecule has 0 heterocycles. The fraction of sp³-hybridized carbons (Fsp3) is 0.333. The van der Waals surface area contributed by atoms with Gasteiger partial charge in [0.2, 0.25) is 5.78 Å². The molecule has 0 saturated carbocycles. The number of carbonyl (C=O) groups excluding carboxylic acids is 2. The van der Waals surface area contributed by atoms with Crippen LogP contribution >= 0.6 is 0 Å². The average molecular weight is 278 g/mol. The number of rotatable bonds is 5. The molecule has 0 radical (unpaired) electrons. The molecule has 7 heteroatoms. The van der Waals surface area contributed by atoms with Crippen LogP contribution < -0.4 is 0 Å². The Morgan fingerprint density at radius 2 is 1.58 bits per heavy atom. The fourth-order valence-corrected chi connectivity index (χ4v) is 1.26. The molecule has 3 nitrogen and oxygen atoms in total. The number of alkyl halides is 4. The molecule has 0 unspecified atom stereocenters. The highest BCUT2D eigenvalue weighted by molar-refractivity contribution is 6.05. The quantitative estimate of drug-likeness (QED) is 0.472. The van der Waals surface area contributed by atoms with Gasteiger partial charge in [-0.15, -0.1) is 0 Å². The first-order chi connectivity index (χ1) is 8.75. The van der Waals surface area contributed by atoms with Crippen LogP contribution in [0, 0.1) is 0 Å². The van der Waals surface area contributed by atoms with Crippen molar-refractivity contribution in [2.45, 2.75) is 18.8 Å². The largest absolute Gasteiger partial charge is 0.461 e. The highest BCUT2D eigenvalue weighted by atomic mass is 19.3. The number of ketones is 1. The van der Waals surface area contributed by atoms with Crippen molar-refractivity contribution in [2.24, 2.45) is 0 Å². The number of ether oxygens (including phenoxy) is 1. The van der Waals surface area contributed by atoms with Crippen LogP contribution in [0.4, 0.5) is 17.6 Å². The van der Waals surface area contributed by atoms with E-state index in [2.05, 4.69) is 4.74 Å². The maximum Gasteiger partial charge on any atom is 0.412 e. The highest BCUT2D eigenvalue weighted by Crippen LogP contribution is 2.38. The molecular weight excluding hydrogens is 268 g/mol. The molecule has 0 aliphatic carbocycles. The number of Topliss-reactive ketones (excluding diaryl/α,β-unsaturated/α-hetero) is 1. The van der Waals surface area contributed by atoms with Crippen LogP contribution in [0.1, 0.15) is 17.3 Å². The molecular formula is C12H10F4O3. The predicted molar refractivity (Wildman–Crippen MR) is 57.3 cm³/mol. The maximum absolute atomic E-state index is 13.5. The highest BCUT2D eigenvalue weighted by Gasteiger charge is 2.67. The summed E-state index contributed by atoms with van der Waals surface area (Å²) in [5.41, 5.74) is -0.614. The summed E-state index contributed by atoms with van der Waals surface area (Å²) in [6.07, 6.45) is 0. The number of hydrogen-bond donors (Lipinski definition) is 0. The maximum atomic E-state index is 13.5. The third-order valence-corrected chi connectivity index (χ3v) is 2.25. The predicted octanol–water partition coefficient (Wildman–Crippen LogP) is 2.70. The summed E-state index contributed by atoms with van der Waals surface area (Å²) >= 11 is 0. The minimum absolute atomic E-state index is 0.496. The Bertz CT molecular complexity index is 471. The summed E-state index contributed by atoms with van der Waals surface area (Å²) in [5, 5.41) is 0. The molecule has 0 atom stereocenters. The van der Waals surface area contributed by atoms with Crippen molar-refractivity contribution in [1.29, 1.82) is 0 Å². The molecule has 0 bridgehead atoms. The normalized spacial score (nSPS) is 12.1. The molecule has 0 aliphatic heterocycles. The van der Waals surface area contributed by atoms with E-state index in [-0.39, 0.29) is 0 Å². The minimum Gasteiger partial charge on any atom is -0.461 e. The Morgan fingerprint density at radius 3 is 2.05 bits per heavy atom. The Labute approximate surface area is 106 Å². The summed E-state index contributed by atoms with van der Waals surface area (Å²) in [7, 11) is 0. The zero-order chi connectivity index (χ0) is 14.7. The van der Waals surface area contributed by atoms with Crippen LogP contribution in [0.5, 0.6) is 0 Å². The van der Waals surface area contributed by atoms with Gasteiger partial charge in [-0.2, -0.15) is 17.6 Å². The first-order valence-corrected chi connectivity index (χ1v) is 5.27. The molecule has 1 aromatic rings. The second-order valence-corrected chi connectivity index (χ2v) is 3.56. The molecule has 19 heavy (non-hydrogen) atoms. The Morgan fingerprint density at radius 1 is 1.05 bits per heavy atom. The van der Waals surface area contributed by atoms with Crippen molar-refractivity contribution in [1.82, 2.24) is 0 Å². The Balaban J connectivity index is 3.09. The molecule has 0 fully saturated rings. The number of esters is 1. The molecule has 104 valence electrons. The van der Waals surface area contributed by atoms with Gasteiger partial charge in [-0.1, -0.05) is 30.3 Å². The average Bonchev–Trinajstić information content (AvgIpc) is 2.38. The van der Waals surface area contributed by atoms with Gasteiger partial charge >= 0.3 is 17.8 Å². The van der Waals surface area contributed by atoms with E-state index < -0.39 is 35.8 Å². The number of hydrogen-bond acceptors (Lipinski definition) is 3. The van der Waals surface area contributed by atoms with E-state index >= 15 is 0 Å². The van der Waals surface area contributed by atoms with E-state index in [1.165, 1.54) is 25.1 Å². The molecule has 0 aliphatic rings. The third kappa shape index (κ3) is 2.74. The molecule has 0 spiro atoms. The van der Waals surface area contributed by atoms with Gasteiger partial charge in [0.1, 0.15) is 0 Å². The first-order valence-electron chi connectivity index (χ1n) is 5.27. The van der Waals surface area contributed by atoms with Gasteiger partial charge in [0, 0.05) is 5.56 Å². The molecule has 0 aromatic heterocycles. The van der Waals surface area contributed by atoms with Crippen LogP contribution in [-0.4, -0.2) is 30.2 Å². The second kappa shape index (κ2) is 5.38. The standard InChI is InChI=1S/C12H10F4O3/c1-2-19-10(18)12(15,16)11(13,14)9(17)8-6-4-3-5-7-8/h3-7H,2H2,1H3. The van der Waals surface area contributed by atoms with Crippen LogP contribution in [0.15, 0.2) is 30.3 Å². The summed E-state index contributed by atoms with van der Waals surface area (Å²) < 4.78 is 57.3. The number of carbonyl (C=O) groups is 2. The van der Waals surface area contributed by atoms with Gasteiger partial charge in [-0.3, -0.25) is 4.79 Å². The Kier molecular flexibility index (Phi) is 4.28. The molecule has 1 rings (SSSR count). The van der Waals surface area contributed by atoms with Crippen molar-refractivity contribution in [2.75, 3.05) is 6.61 Å². The van der Waals surface area contributed by atoms with Crippen molar-refractivity contribution in [3.8, 4) is 0 Å². The fourth-order valence-electron chi connectivity index (χ4n) is 1.26. The number of halogens is 4. The van der Waals surface area contributed by atoms with Crippen LogP contribution in [0.3, 0.4) is 0 Å². The van der Waals surface area contributed by atoms with Crippen molar-refractivity contribution >= 4 is 11.8 Å². The van der Waals surface area contributed by atoms with Gasteiger partial charge in [0.15, 0.2) is 0 Å². The van der Waals surface area contributed by atoms with E-state index in [1.54, 1.807) is 0 Å². The van der Waals surface area contributed by atoms with E-state index in [4.69, 9.17) is 0 Å². The van der Waals surface area contributed by atoms with Crippen LogP contribution in [0.25, 0.3) is 0 Å². The van der Waals surface area contributed by atoms with Crippen molar-refractivity contribution in [3.63, 3.8) is 0 Å². The van der Waals surface area contributed by atoms with Crippen LogP contribution in [-0.2, 0) is 9.53 Å². The van der Waals surface area contributed by atoms with Crippen molar-refractivity contribution < 1.29 is 31.9 Å². The SMILES string of the molecule is CCOC(=O)C(F)(F)C(F)(F)C(=O)c1ccccc1. The summed E-state index contributed by atoms with van der Waals surface area (Å²) in [4.78, 5) is 22.2. The lowest BCUT2D eigenvalue weighted by Crippen LogP contribution is -2.53. The smallest absolute Gasteiger partial charge is 0.412 e. The van der Waals surface area contributed by atoms with E-state index in [9.17, 15) is 27.2 Å². The van der Waals surface area contributed by atoms with E-state index in [0.29, 0.717) is 0 Å². The Hall–Kier alpha value is -1.92. The summed E-state index contributed by atoms with van der Waals surface area (Å²) in [6.45, 7) is 0.690. The second-order valence-electron chi connectivity index (χ2n) is 3.56. The lowest BCUT2D eigenvalue weighted by molar-refractivity contribution is -0.211. The third-order valence-electron chi connectivity index (χ3n) is 2.25. The van der Waals surface area contributed by atoms with Crippen LogP contribution in [0.2, 0.25) is 0 Å². The van der Waals surface area contributed by atoms with Gasteiger partial charge in [-0.05, 0) is 6.92 Å². The van der Waals surface area contributed by atoms with Crippen molar-refractivity contribution in [3.05, 3.63) is 35.9 Å². The van der Waals surface area contributed by atoms with E-state index in [1.807, 2.05) is 0 Å². The lowest BCUT2D eigenvalue weighted by atomic mass is 10.0. The number of benzene rings is 1. The molecule has 0 N–H and O–H groups in total. The molecule has 0 saturated heterocycles. The summed E-state index contributed by atoms with van der Waals surface area (Å²) in [5.74, 6) is -14.9. The van der Waals surface area contributed by atoms with Gasteiger partial charge in [-0.25, -0.2) is 4.79 Å². The molecule has 0 amide bonds. The summed E-state index contributed by atoms with van der Waals surface area (Å²) in [6, 6.07) is 5.82. The monoisotopic (exact) mass is 278 g/mol. The topological polar surface area (TPSA) is 43.4 Å². The zero-order valence-electron chi connectivity index (χ0n) is 9.83. The zero-order valence-corrected chi connectivity index (χ0v) is 9.83. The van der Waals surface area contributed by atoms with Gasteiger partial charge in [0.25, 0.3) is 0 Å². The van der Waals surface area contributed by atoms with E-state index in [0.717, 1.165) is 12.1 Å². The van der Waals surface area contributed by atoms with Gasteiger partial charge < -0.3 is 4.74 Å². The van der Waals surface area contributed by atoms with Gasteiger partial charge in [0.05, 0.1) is 6.61 Å². The minimum atomic E-state index is -5.21. The first kappa shape index (κ1) is 15.1. The molecule has 1 aromatic carbocycles.